The summed E-state index contributed by atoms with van der Waals surface area (Å²) in [5.41, 5.74) is -2.33. The average molecular weight is 428 g/mol. The number of ether oxygens (including phenoxy) is 2. The molecule has 3 unspecified atom stereocenters. The molecule has 2 aliphatic heterocycles. The van der Waals surface area contributed by atoms with Gasteiger partial charge in [-0.25, -0.2) is 9.59 Å². The Morgan fingerprint density at radius 1 is 1.29 bits per heavy atom. The van der Waals surface area contributed by atoms with Crippen LogP contribution in [0.2, 0.25) is 0 Å². The van der Waals surface area contributed by atoms with Crippen LogP contribution >= 0.6 is 0 Å². The van der Waals surface area contributed by atoms with Gasteiger partial charge in [-0.15, -0.1) is 0 Å². The summed E-state index contributed by atoms with van der Waals surface area (Å²) in [7, 11) is 0. The zero-order valence-electron chi connectivity index (χ0n) is 17.4. The Kier molecular flexibility index (Phi) is 7.36. The first-order valence-corrected chi connectivity index (χ1v) is 10.4. The highest BCUT2D eigenvalue weighted by atomic mass is 16.6. The largest absolute Gasteiger partial charge is 0.488 e. The van der Waals surface area contributed by atoms with Crippen LogP contribution in [0.4, 0.5) is 0 Å². The Bertz CT molecular complexity index is 873. The summed E-state index contributed by atoms with van der Waals surface area (Å²) >= 11 is 0. The van der Waals surface area contributed by atoms with Gasteiger partial charge in [0.25, 0.3) is 5.72 Å². The van der Waals surface area contributed by atoms with Gasteiger partial charge in [0.1, 0.15) is 17.4 Å². The zero-order chi connectivity index (χ0) is 22.3. The van der Waals surface area contributed by atoms with Crippen LogP contribution in [-0.2, 0) is 14.3 Å². The Labute approximate surface area is 181 Å². The number of rotatable bonds is 9. The minimum Gasteiger partial charge on any atom is -0.488 e. The lowest BCUT2D eigenvalue weighted by Crippen LogP contribution is -2.56. The summed E-state index contributed by atoms with van der Waals surface area (Å²) in [6, 6.07) is 8.63. The minimum atomic E-state index is -1.84. The van der Waals surface area contributed by atoms with Crippen molar-refractivity contribution in [1.29, 1.82) is 0 Å². The van der Waals surface area contributed by atoms with E-state index >= 15 is 0 Å². The molecule has 0 radical (unpaired) electrons. The van der Waals surface area contributed by atoms with E-state index in [1.54, 1.807) is 42.5 Å². The van der Waals surface area contributed by atoms with E-state index in [-0.39, 0.29) is 17.8 Å². The van der Waals surface area contributed by atoms with Crippen molar-refractivity contribution in [2.45, 2.75) is 38.0 Å². The number of dihydropyridines is 1. The van der Waals surface area contributed by atoms with E-state index in [1.165, 1.54) is 6.20 Å². The van der Waals surface area contributed by atoms with Gasteiger partial charge in [-0.05, 0) is 50.1 Å². The maximum absolute atomic E-state index is 12.2. The molecule has 1 aromatic carbocycles. The zero-order valence-corrected chi connectivity index (χ0v) is 17.4. The van der Waals surface area contributed by atoms with Crippen LogP contribution in [0.5, 0.6) is 5.75 Å². The van der Waals surface area contributed by atoms with Crippen molar-refractivity contribution >= 4 is 11.9 Å². The third-order valence-electron chi connectivity index (χ3n) is 5.41. The van der Waals surface area contributed by atoms with Crippen LogP contribution in [0, 0.1) is 5.92 Å². The fraction of sp³-hybridized carbons (Fsp3) is 0.391. The van der Waals surface area contributed by atoms with Crippen LogP contribution in [0.1, 0.15) is 26.2 Å². The first-order valence-electron chi connectivity index (χ1n) is 10.4. The standard InChI is InChI=1S/C23H28N2O6/c1-2-19(16-8-6-12-24-15-16)30-20-11-7-13-25-23(20,18(22(28)29)14-21(26)27)31-17-9-4-3-5-10-17/h3-5,7,9-11,13-14,16,19,24-25H,2,6,8,12,15H2,1H3,(H,26,27)(H,28,29)/b18-14-. The average Bonchev–Trinajstić information content (AvgIpc) is 2.78. The van der Waals surface area contributed by atoms with Gasteiger partial charge in [-0.1, -0.05) is 25.1 Å². The normalized spacial score (nSPS) is 24.5. The molecule has 2 aliphatic rings. The number of carboxylic acids is 2. The highest BCUT2D eigenvalue weighted by Gasteiger charge is 2.48. The molecule has 8 heteroatoms. The van der Waals surface area contributed by atoms with Gasteiger partial charge >= 0.3 is 11.9 Å². The Morgan fingerprint density at radius 2 is 2.06 bits per heavy atom. The summed E-state index contributed by atoms with van der Waals surface area (Å²) < 4.78 is 12.5. The number of piperidine rings is 1. The maximum atomic E-state index is 12.2. The van der Waals surface area contributed by atoms with E-state index in [1.807, 2.05) is 6.92 Å². The van der Waals surface area contributed by atoms with Crippen LogP contribution < -0.4 is 15.4 Å². The molecule has 2 heterocycles. The van der Waals surface area contributed by atoms with Gasteiger partial charge in [-0.3, -0.25) is 0 Å². The first-order chi connectivity index (χ1) is 15.0. The number of carboxylic acid groups (broad SMARTS) is 2. The molecule has 1 aromatic rings. The molecule has 0 spiro atoms. The topological polar surface area (TPSA) is 117 Å². The monoisotopic (exact) mass is 428 g/mol. The molecular formula is C23H28N2O6. The Morgan fingerprint density at radius 3 is 2.68 bits per heavy atom. The lowest BCUT2D eigenvalue weighted by atomic mass is 9.91. The predicted molar refractivity (Wildman–Crippen MR) is 114 cm³/mol. The highest BCUT2D eigenvalue weighted by Crippen LogP contribution is 2.35. The van der Waals surface area contributed by atoms with E-state index in [9.17, 15) is 19.8 Å². The number of hydrogen-bond acceptors (Lipinski definition) is 6. The van der Waals surface area contributed by atoms with Crippen molar-refractivity contribution in [1.82, 2.24) is 10.6 Å². The smallest absolute Gasteiger partial charge is 0.338 e. The Hall–Kier alpha value is -3.26. The number of carbonyl (C=O) groups is 2. The molecule has 0 amide bonds. The molecule has 31 heavy (non-hydrogen) atoms. The second-order valence-corrected chi connectivity index (χ2v) is 7.50. The number of aliphatic carboxylic acids is 2. The van der Waals surface area contributed by atoms with E-state index in [0.717, 1.165) is 25.9 Å². The van der Waals surface area contributed by atoms with Gasteiger partial charge in [0, 0.05) is 24.7 Å². The van der Waals surface area contributed by atoms with Crippen LogP contribution in [0.3, 0.4) is 0 Å². The molecule has 3 atom stereocenters. The van der Waals surface area contributed by atoms with Crippen LogP contribution in [0.25, 0.3) is 0 Å². The predicted octanol–water partition coefficient (Wildman–Crippen LogP) is 2.65. The second kappa shape index (κ2) is 10.2. The number of hydrogen-bond donors (Lipinski definition) is 4. The number of nitrogens with one attached hydrogen (secondary N) is 2. The molecule has 0 bridgehead atoms. The van der Waals surface area contributed by atoms with Crippen molar-refractivity contribution in [3.63, 3.8) is 0 Å². The number of para-hydroxylation sites is 1. The Balaban J connectivity index is 2.04. The maximum Gasteiger partial charge on any atom is 0.338 e. The molecule has 0 aliphatic carbocycles. The minimum absolute atomic E-state index is 0.189. The lowest BCUT2D eigenvalue weighted by Gasteiger charge is -2.40. The van der Waals surface area contributed by atoms with Crippen molar-refractivity contribution in [2.75, 3.05) is 13.1 Å². The molecule has 3 rings (SSSR count). The molecule has 166 valence electrons. The summed E-state index contributed by atoms with van der Waals surface area (Å²) in [5.74, 6) is -2.01. The lowest BCUT2D eigenvalue weighted by molar-refractivity contribution is -0.137. The van der Waals surface area contributed by atoms with Crippen molar-refractivity contribution in [3.05, 3.63) is 66.1 Å². The molecule has 1 saturated heterocycles. The van der Waals surface area contributed by atoms with Crippen molar-refractivity contribution in [3.8, 4) is 5.75 Å². The summed E-state index contributed by atoms with van der Waals surface area (Å²) in [6.45, 7) is 3.78. The van der Waals surface area contributed by atoms with E-state index in [0.29, 0.717) is 18.2 Å². The molecule has 8 nitrogen and oxygen atoms in total. The number of allylic oxidation sites excluding steroid dienone is 2. The van der Waals surface area contributed by atoms with Gasteiger partial charge in [0.2, 0.25) is 0 Å². The van der Waals surface area contributed by atoms with Crippen molar-refractivity contribution < 1.29 is 29.3 Å². The van der Waals surface area contributed by atoms with Gasteiger partial charge in [0.05, 0.1) is 0 Å². The van der Waals surface area contributed by atoms with Crippen LogP contribution in [-0.4, -0.2) is 47.1 Å². The SMILES string of the molecule is CCC(OC1=CC=CNC1(Oc1ccccc1)/C(=C\C(=O)O)C(=O)O)C1CCCNC1. The first kappa shape index (κ1) is 22.4. The fourth-order valence-corrected chi connectivity index (χ4v) is 3.93. The van der Waals surface area contributed by atoms with Crippen LogP contribution in [0.15, 0.2) is 66.1 Å². The quantitative estimate of drug-likeness (QED) is 0.444. The van der Waals surface area contributed by atoms with Crippen molar-refractivity contribution in [2.24, 2.45) is 5.92 Å². The molecule has 0 aromatic heterocycles. The molecular weight excluding hydrogens is 400 g/mol. The van der Waals surface area contributed by atoms with Gasteiger partial charge in [-0.2, -0.15) is 0 Å². The number of benzene rings is 1. The molecule has 0 saturated carbocycles. The second-order valence-electron chi connectivity index (χ2n) is 7.50. The highest BCUT2D eigenvalue weighted by molar-refractivity contribution is 5.97. The summed E-state index contributed by atoms with van der Waals surface area (Å²) in [4.78, 5) is 23.6. The fourth-order valence-electron chi connectivity index (χ4n) is 3.93. The summed E-state index contributed by atoms with van der Waals surface area (Å²) in [5, 5.41) is 25.6. The molecule has 4 N–H and O–H groups in total. The van der Waals surface area contributed by atoms with E-state index < -0.39 is 23.2 Å². The van der Waals surface area contributed by atoms with Gasteiger partial charge in [0.15, 0.2) is 5.76 Å². The third kappa shape index (κ3) is 5.27. The van der Waals surface area contributed by atoms with E-state index in [4.69, 9.17) is 9.47 Å². The van der Waals surface area contributed by atoms with E-state index in [2.05, 4.69) is 10.6 Å². The van der Waals surface area contributed by atoms with Gasteiger partial charge < -0.3 is 30.3 Å². The third-order valence-corrected chi connectivity index (χ3v) is 5.41. The summed E-state index contributed by atoms with van der Waals surface area (Å²) in [6.07, 6.45) is 7.99. The molecule has 1 fully saturated rings.